The highest BCUT2D eigenvalue weighted by molar-refractivity contribution is 6.05. The zero-order valence-electron chi connectivity index (χ0n) is 12.1. The first-order valence-corrected chi connectivity index (χ1v) is 6.79. The molecule has 0 aliphatic rings. The number of aromatic carboxylic acids is 1. The van der Waals surface area contributed by atoms with E-state index in [1.807, 2.05) is 0 Å². The molecule has 1 aromatic carbocycles. The summed E-state index contributed by atoms with van der Waals surface area (Å²) in [6, 6.07) is 5.97. The van der Waals surface area contributed by atoms with Crippen molar-refractivity contribution < 1.29 is 24.1 Å². The quantitative estimate of drug-likeness (QED) is 0.687. The summed E-state index contributed by atoms with van der Waals surface area (Å²) in [6.45, 7) is 1.30. The van der Waals surface area contributed by atoms with Crippen molar-refractivity contribution in [3.05, 3.63) is 53.2 Å². The highest BCUT2D eigenvalue weighted by atomic mass is 19.1. The van der Waals surface area contributed by atoms with Gasteiger partial charge in [0.15, 0.2) is 11.6 Å². The molecule has 0 radical (unpaired) electrons. The van der Waals surface area contributed by atoms with Gasteiger partial charge in [-0.1, -0.05) is 0 Å². The van der Waals surface area contributed by atoms with E-state index >= 15 is 0 Å². The molecular formula is C16H13FN2O4. The van der Waals surface area contributed by atoms with Crippen molar-refractivity contribution in [1.82, 2.24) is 9.97 Å². The highest BCUT2D eigenvalue weighted by Gasteiger charge is 2.21. The van der Waals surface area contributed by atoms with Gasteiger partial charge in [-0.25, -0.2) is 9.18 Å². The van der Waals surface area contributed by atoms with Crippen LogP contribution in [-0.2, 0) is 6.61 Å². The third kappa shape index (κ3) is 2.62. The topological polar surface area (TPSA) is 95.4 Å². The molecule has 7 heteroatoms. The molecule has 3 N–H and O–H groups in total. The number of carboxylic acid groups (broad SMARTS) is 1. The molecule has 0 unspecified atom stereocenters. The van der Waals surface area contributed by atoms with Crippen LogP contribution in [0.25, 0.3) is 10.9 Å². The van der Waals surface area contributed by atoms with Crippen LogP contribution in [0.1, 0.15) is 21.7 Å². The zero-order valence-corrected chi connectivity index (χ0v) is 12.1. The Morgan fingerprint density at radius 1 is 1.39 bits per heavy atom. The average molecular weight is 316 g/mol. The zero-order chi connectivity index (χ0) is 16.6. The van der Waals surface area contributed by atoms with Gasteiger partial charge in [-0.2, -0.15) is 0 Å². The number of aromatic nitrogens is 2. The minimum atomic E-state index is -1.21. The van der Waals surface area contributed by atoms with Gasteiger partial charge >= 0.3 is 5.97 Å². The predicted molar refractivity (Wildman–Crippen MR) is 80.2 cm³/mol. The summed E-state index contributed by atoms with van der Waals surface area (Å²) in [7, 11) is 0. The van der Waals surface area contributed by atoms with Crippen molar-refractivity contribution in [3.8, 4) is 11.5 Å². The molecule has 3 rings (SSSR count). The van der Waals surface area contributed by atoms with Crippen LogP contribution in [-0.4, -0.2) is 26.2 Å². The standard InChI is InChI=1S/C16H13FN2O4/c1-8-13(16(21)22)14-11(19-8)2-3-12(15(14)17)23-10-4-5-18-9(6-10)7-20/h2-6,19-20H,7H2,1H3,(H,21,22). The Labute approximate surface area is 130 Å². The molecule has 6 nitrogen and oxygen atoms in total. The highest BCUT2D eigenvalue weighted by Crippen LogP contribution is 2.33. The van der Waals surface area contributed by atoms with E-state index in [-0.39, 0.29) is 23.3 Å². The largest absolute Gasteiger partial charge is 0.478 e. The number of aryl methyl sites for hydroxylation is 1. The van der Waals surface area contributed by atoms with Gasteiger partial charge in [0, 0.05) is 23.5 Å². The Morgan fingerprint density at radius 2 is 2.17 bits per heavy atom. The molecule has 0 fully saturated rings. The van der Waals surface area contributed by atoms with Gasteiger partial charge in [0.2, 0.25) is 0 Å². The van der Waals surface area contributed by atoms with Crippen LogP contribution in [0.5, 0.6) is 11.5 Å². The number of ether oxygens (including phenoxy) is 1. The Bertz CT molecular complexity index is 904. The number of hydrogen-bond donors (Lipinski definition) is 3. The van der Waals surface area contributed by atoms with E-state index in [1.165, 1.54) is 24.4 Å². The minimum absolute atomic E-state index is 0.0241. The molecule has 118 valence electrons. The summed E-state index contributed by atoms with van der Waals surface area (Å²) >= 11 is 0. The minimum Gasteiger partial charge on any atom is -0.478 e. The van der Waals surface area contributed by atoms with Crippen LogP contribution < -0.4 is 4.74 Å². The van der Waals surface area contributed by atoms with Crippen molar-refractivity contribution in [2.75, 3.05) is 0 Å². The Morgan fingerprint density at radius 3 is 2.87 bits per heavy atom. The summed E-state index contributed by atoms with van der Waals surface area (Å²) in [4.78, 5) is 18.1. The first-order valence-electron chi connectivity index (χ1n) is 6.79. The number of fused-ring (bicyclic) bond motifs is 1. The number of carboxylic acids is 1. The van der Waals surface area contributed by atoms with Crippen molar-refractivity contribution in [3.63, 3.8) is 0 Å². The Kier molecular flexibility index (Phi) is 3.71. The number of aliphatic hydroxyl groups is 1. The van der Waals surface area contributed by atoms with Crippen molar-refractivity contribution in [2.45, 2.75) is 13.5 Å². The number of hydrogen-bond acceptors (Lipinski definition) is 4. The van der Waals surface area contributed by atoms with Gasteiger partial charge in [-0.15, -0.1) is 0 Å². The SMILES string of the molecule is Cc1[nH]c2ccc(Oc3ccnc(CO)c3)c(F)c2c1C(=O)O. The smallest absolute Gasteiger partial charge is 0.338 e. The van der Waals surface area contributed by atoms with E-state index in [2.05, 4.69) is 9.97 Å². The van der Waals surface area contributed by atoms with Gasteiger partial charge < -0.3 is 19.9 Å². The molecule has 0 atom stereocenters. The molecule has 0 aliphatic carbocycles. The first kappa shape index (κ1) is 15.0. The lowest BCUT2D eigenvalue weighted by atomic mass is 10.1. The summed E-state index contributed by atoms with van der Waals surface area (Å²) in [5.74, 6) is -1.77. The average Bonchev–Trinajstić information content (AvgIpc) is 2.87. The predicted octanol–water partition coefficient (Wildman–Crippen LogP) is 2.99. The number of nitrogens with zero attached hydrogens (tertiary/aromatic N) is 1. The van der Waals surface area contributed by atoms with Gasteiger partial charge in [0.25, 0.3) is 0 Å². The van der Waals surface area contributed by atoms with Crippen molar-refractivity contribution in [2.24, 2.45) is 0 Å². The molecule has 0 spiro atoms. The van der Waals surface area contributed by atoms with Gasteiger partial charge in [-0.3, -0.25) is 4.98 Å². The lowest BCUT2D eigenvalue weighted by molar-refractivity contribution is 0.0698. The van der Waals surface area contributed by atoms with Crippen LogP contribution >= 0.6 is 0 Å². The van der Waals surface area contributed by atoms with E-state index < -0.39 is 11.8 Å². The number of rotatable bonds is 4. The van der Waals surface area contributed by atoms with Crippen LogP contribution in [0.4, 0.5) is 4.39 Å². The van der Waals surface area contributed by atoms with E-state index in [0.717, 1.165) is 0 Å². The molecular weight excluding hydrogens is 303 g/mol. The normalized spacial score (nSPS) is 10.9. The van der Waals surface area contributed by atoms with Gasteiger partial charge in [-0.05, 0) is 25.1 Å². The second-order valence-electron chi connectivity index (χ2n) is 4.97. The molecule has 2 aromatic heterocycles. The lowest BCUT2D eigenvalue weighted by Gasteiger charge is -2.08. The number of nitrogens with one attached hydrogen (secondary N) is 1. The van der Waals surface area contributed by atoms with Crippen LogP contribution in [0.2, 0.25) is 0 Å². The maximum absolute atomic E-state index is 14.7. The number of carbonyl (C=O) groups is 1. The van der Waals surface area contributed by atoms with E-state index in [1.54, 1.807) is 13.0 Å². The fourth-order valence-electron chi connectivity index (χ4n) is 2.44. The molecule has 0 saturated heterocycles. The second-order valence-corrected chi connectivity index (χ2v) is 4.97. The first-order chi connectivity index (χ1) is 11.0. The van der Waals surface area contributed by atoms with Crippen molar-refractivity contribution >= 4 is 16.9 Å². The third-order valence-corrected chi connectivity index (χ3v) is 3.45. The van der Waals surface area contributed by atoms with E-state index in [9.17, 15) is 14.3 Å². The maximum Gasteiger partial charge on any atom is 0.338 e. The number of H-pyrrole nitrogens is 1. The fraction of sp³-hybridized carbons (Fsp3) is 0.125. The summed E-state index contributed by atoms with van der Waals surface area (Å²) < 4.78 is 20.2. The number of aliphatic hydroxyl groups excluding tert-OH is 1. The van der Waals surface area contributed by atoms with Crippen molar-refractivity contribution in [1.29, 1.82) is 0 Å². The molecule has 3 aromatic rings. The monoisotopic (exact) mass is 316 g/mol. The molecule has 2 heterocycles. The number of benzene rings is 1. The van der Waals surface area contributed by atoms with Crippen LogP contribution in [0.15, 0.2) is 30.5 Å². The number of halogens is 1. The summed E-state index contributed by atoms with van der Waals surface area (Å²) in [5, 5.41) is 18.3. The molecule has 0 aliphatic heterocycles. The molecule has 0 amide bonds. The van der Waals surface area contributed by atoms with Crippen LogP contribution in [0.3, 0.4) is 0 Å². The molecule has 0 bridgehead atoms. The number of pyridine rings is 1. The summed E-state index contributed by atoms with van der Waals surface area (Å²) in [5.41, 5.74) is 1.02. The molecule has 23 heavy (non-hydrogen) atoms. The molecule has 0 saturated carbocycles. The van der Waals surface area contributed by atoms with Crippen LogP contribution in [0, 0.1) is 12.7 Å². The second kappa shape index (κ2) is 5.69. The van der Waals surface area contributed by atoms with E-state index in [0.29, 0.717) is 22.7 Å². The maximum atomic E-state index is 14.7. The third-order valence-electron chi connectivity index (χ3n) is 3.45. The lowest BCUT2D eigenvalue weighted by Crippen LogP contribution is -1.99. The van der Waals surface area contributed by atoms with Gasteiger partial charge in [0.1, 0.15) is 5.75 Å². The fourth-order valence-corrected chi connectivity index (χ4v) is 2.44. The Hall–Kier alpha value is -2.93. The Balaban J connectivity index is 2.10. The summed E-state index contributed by atoms with van der Waals surface area (Å²) in [6.07, 6.45) is 1.43. The van der Waals surface area contributed by atoms with Gasteiger partial charge in [0.05, 0.1) is 23.3 Å². The number of aromatic amines is 1. The van der Waals surface area contributed by atoms with E-state index in [4.69, 9.17) is 9.84 Å².